The number of alkyl halides is 1. The highest BCUT2D eigenvalue weighted by Crippen LogP contribution is 2.22. The van der Waals surface area contributed by atoms with Crippen LogP contribution in [-0.2, 0) is 10.0 Å². The van der Waals surface area contributed by atoms with E-state index < -0.39 is 10.0 Å². The second-order valence-corrected chi connectivity index (χ2v) is 6.19. The number of imidazole rings is 1. The molecule has 2 N–H and O–H groups in total. The molecule has 3 rings (SSSR count). The summed E-state index contributed by atoms with van der Waals surface area (Å²) < 4.78 is 23.5. The van der Waals surface area contributed by atoms with Crippen molar-refractivity contribution in [3.05, 3.63) is 30.7 Å². The molecular formula is C10H10BrN5O2S2. The quantitative estimate of drug-likeness (QED) is 0.683. The fraction of sp³-hybridized carbons (Fsp3) is 0.100. The molecule has 106 valence electrons. The first-order valence-corrected chi connectivity index (χ1v) is 9.16. The molecule has 7 nitrogen and oxygen atoms in total. The lowest BCUT2D eigenvalue weighted by atomic mass is 10.2. The van der Waals surface area contributed by atoms with E-state index in [2.05, 4.69) is 31.0 Å². The molecule has 0 aromatic carbocycles. The molecule has 0 bridgehead atoms. The van der Waals surface area contributed by atoms with Gasteiger partial charge >= 0.3 is 0 Å². The van der Waals surface area contributed by atoms with Crippen molar-refractivity contribution in [2.45, 2.75) is 4.34 Å². The van der Waals surface area contributed by atoms with Gasteiger partial charge in [0.15, 0.2) is 0 Å². The lowest BCUT2D eigenvalue weighted by molar-refractivity contribution is 0.595. The van der Waals surface area contributed by atoms with Crippen LogP contribution in [0.5, 0.6) is 0 Å². The maximum atomic E-state index is 11.1. The largest absolute Gasteiger partial charge is 0.267 e. The predicted octanol–water partition coefficient (Wildman–Crippen LogP) is 1.51. The molecule has 0 atom stereocenters. The number of hydrogen-bond acceptors (Lipinski definition) is 6. The van der Waals surface area contributed by atoms with Crippen molar-refractivity contribution in [1.82, 2.24) is 19.6 Å². The molecule has 20 heavy (non-hydrogen) atoms. The second kappa shape index (κ2) is 5.95. The Labute approximate surface area is 127 Å². The summed E-state index contributed by atoms with van der Waals surface area (Å²) in [6.07, 6.45) is 4.97. The third-order valence-electron chi connectivity index (χ3n) is 2.24. The van der Waals surface area contributed by atoms with E-state index >= 15 is 0 Å². The number of fused-ring (bicyclic) bond motifs is 1. The summed E-state index contributed by atoms with van der Waals surface area (Å²) in [4.78, 5) is 8.68. The fourth-order valence-electron chi connectivity index (χ4n) is 1.46. The average molecular weight is 376 g/mol. The SMILES string of the molecule is CBr.NS(=O)(=O)c1nn2cc(-c3ccncc3)nc2s1. The fourth-order valence-corrected chi connectivity index (χ4v) is 2.96. The van der Waals surface area contributed by atoms with E-state index in [1.807, 2.05) is 18.0 Å². The Kier molecular flexibility index (Phi) is 4.48. The third-order valence-corrected chi connectivity index (χ3v) is 4.48. The molecule has 3 heterocycles. The highest BCUT2D eigenvalue weighted by Gasteiger charge is 2.16. The Balaban J connectivity index is 0.000000704. The Morgan fingerprint density at radius 1 is 1.30 bits per heavy atom. The molecule has 0 aliphatic carbocycles. The Morgan fingerprint density at radius 3 is 2.50 bits per heavy atom. The maximum absolute atomic E-state index is 11.1. The third kappa shape index (κ3) is 3.03. The van der Waals surface area contributed by atoms with Gasteiger partial charge in [-0.25, -0.2) is 23.1 Å². The minimum atomic E-state index is -3.78. The number of primary sulfonamides is 1. The van der Waals surface area contributed by atoms with E-state index in [-0.39, 0.29) is 4.34 Å². The van der Waals surface area contributed by atoms with E-state index in [9.17, 15) is 8.42 Å². The lowest BCUT2D eigenvalue weighted by Crippen LogP contribution is -2.12. The van der Waals surface area contributed by atoms with Crippen molar-refractivity contribution < 1.29 is 8.42 Å². The van der Waals surface area contributed by atoms with Gasteiger partial charge in [-0.15, -0.1) is 5.10 Å². The maximum Gasteiger partial charge on any atom is 0.267 e. The van der Waals surface area contributed by atoms with Gasteiger partial charge in [0.25, 0.3) is 10.0 Å². The van der Waals surface area contributed by atoms with Crippen molar-refractivity contribution >= 4 is 42.3 Å². The number of pyridine rings is 1. The number of nitrogens with two attached hydrogens (primary N) is 1. The normalized spacial score (nSPS) is 11.2. The van der Waals surface area contributed by atoms with Gasteiger partial charge in [-0.05, 0) is 18.0 Å². The number of halogens is 1. The molecule has 0 radical (unpaired) electrons. The van der Waals surface area contributed by atoms with Gasteiger partial charge in [0.1, 0.15) is 0 Å². The van der Waals surface area contributed by atoms with E-state index in [0.717, 1.165) is 16.9 Å². The van der Waals surface area contributed by atoms with Crippen molar-refractivity contribution in [3.8, 4) is 11.3 Å². The van der Waals surface area contributed by atoms with Crippen LogP contribution in [-0.4, -0.2) is 33.8 Å². The minimum Gasteiger partial charge on any atom is -0.265 e. The number of aromatic nitrogens is 4. The van der Waals surface area contributed by atoms with Crippen molar-refractivity contribution in [1.29, 1.82) is 0 Å². The van der Waals surface area contributed by atoms with Gasteiger partial charge in [0.05, 0.1) is 11.9 Å². The highest BCUT2D eigenvalue weighted by atomic mass is 79.9. The Morgan fingerprint density at radius 2 is 1.95 bits per heavy atom. The zero-order valence-corrected chi connectivity index (χ0v) is 13.5. The van der Waals surface area contributed by atoms with Crippen molar-refractivity contribution in [2.24, 2.45) is 5.14 Å². The number of nitrogens with zero attached hydrogens (tertiary/aromatic N) is 4. The van der Waals surface area contributed by atoms with Crippen LogP contribution in [0.15, 0.2) is 35.1 Å². The summed E-state index contributed by atoms with van der Waals surface area (Å²) in [7, 11) is -3.78. The lowest BCUT2D eigenvalue weighted by Gasteiger charge is -1.92. The van der Waals surface area contributed by atoms with Crippen LogP contribution >= 0.6 is 27.3 Å². The van der Waals surface area contributed by atoms with Crippen molar-refractivity contribution in [2.75, 3.05) is 5.83 Å². The van der Waals surface area contributed by atoms with Crippen LogP contribution in [0, 0.1) is 0 Å². The molecule has 0 spiro atoms. The summed E-state index contributed by atoms with van der Waals surface area (Å²) in [6, 6.07) is 3.63. The van der Waals surface area contributed by atoms with Crippen LogP contribution in [0.25, 0.3) is 16.2 Å². The van der Waals surface area contributed by atoms with E-state index in [0.29, 0.717) is 10.7 Å². The highest BCUT2D eigenvalue weighted by molar-refractivity contribution is 9.08. The average Bonchev–Trinajstić information content (AvgIpc) is 2.99. The second-order valence-electron chi connectivity index (χ2n) is 3.50. The molecule has 0 amide bonds. The number of rotatable bonds is 2. The molecule has 3 aromatic rings. The van der Waals surface area contributed by atoms with Gasteiger partial charge in [-0.3, -0.25) is 4.98 Å². The first kappa shape index (κ1) is 15.0. The van der Waals surface area contributed by atoms with Gasteiger partial charge in [-0.1, -0.05) is 27.3 Å². The van der Waals surface area contributed by atoms with Gasteiger partial charge in [0, 0.05) is 18.0 Å². The smallest absolute Gasteiger partial charge is 0.265 e. The van der Waals surface area contributed by atoms with E-state index in [1.165, 1.54) is 4.52 Å². The number of sulfonamides is 1. The predicted molar refractivity (Wildman–Crippen MR) is 80.3 cm³/mol. The molecule has 3 aromatic heterocycles. The number of hydrogen-bond donors (Lipinski definition) is 1. The van der Waals surface area contributed by atoms with Gasteiger partial charge < -0.3 is 0 Å². The van der Waals surface area contributed by atoms with Crippen LogP contribution in [0.2, 0.25) is 0 Å². The summed E-state index contributed by atoms with van der Waals surface area (Å²) in [5.41, 5.74) is 1.59. The Hall–Kier alpha value is -1.36. The summed E-state index contributed by atoms with van der Waals surface area (Å²) in [5.74, 6) is 1.81. The first-order chi connectivity index (χ1) is 9.54. The van der Waals surface area contributed by atoms with Crippen LogP contribution < -0.4 is 5.14 Å². The van der Waals surface area contributed by atoms with E-state index in [4.69, 9.17) is 5.14 Å². The molecule has 10 heteroatoms. The molecular weight excluding hydrogens is 366 g/mol. The van der Waals surface area contributed by atoms with Gasteiger partial charge in [0.2, 0.25) is 9.30 Å². The molecule has 0 saturated heterocycles. The standard InChI is InChI=1S/C9H7N5O2S2.CH3Br/c10-18(15,16)9-13-14-5-7(12-8(14)17-9)6-1-3-11-4-2-6;1-2/h1-5H,(H2,10,15,16);1H3. The van der Waals surface area contributed by atoms with Crippen molar-refractivity contribution in [3.63, 3.8) is 0 Å². The van der Waals surface area contributed by atoms with Crippen LogP contribution in [0.1, 0.15) is 0 Å². The van der Waals surface area contributed by atoms with Crippen LogP contribution in [0.4, 0.5) is 0 Å². The zero-order valence-electron chi connectivity index (χ0n) is 10.3. The summed E-state index contributed by atoms with van der Waals surface area (Å²) in [5, 5.41) is 8.87. The van der Waals surface area contributed by atoms with Gasteiger partial charge in [-0.2, -0.15) is 0 Å². The molecule has 0 fully saturated rings. The zero-order chi connectivity index (χ0) is 14.8. The Bertz CT molecular complexity index is 781. The minimum absolute atomic E-state index is 0.147. The first-order valence-electron chi connectivity index (χ1n) is 5.21. The van der Waals surface area contributed by atoms with E-state index in [1.54, 1.807) is 18.6 Å². The molecule has 0 saturated carbocycles. The topological polar surface area (TPSA) is 103 Å². The summed E-state index contributed by atoms with van der Waals surface area (Å²) >= 11 is 3.87. The molecule has 0 unspecified atom stereocenters. The molecule has 0 aliphatic rings. The van der Waals surface area contributed by atoms with Crippen LogP contribution in [0.3, 0.4) is 0 Å². The molecule has 0 aliphatic heterocycles. The monoisotopic (exact) mass is 375 g/mol. The summed E-state index contributed by atoms with van der Waals surface area (Å²) in [6.45, 7) is 0.